The van der Waals surface area contributed by atoms with Crippen LogP contribution in [0.4, 0.5) is 0 Å². The van der Waals surface area contributed by atoms with Crippen LogP contribution < -0.4 is 0 Å². The van der Waals surface area contributed by atoms with Crippen molar-refractivity contribution in [2.75, 3.05) is 6.54 Å². The lowest BCUT2D eigenvalue weighted by Gasteiger charge is -2.27. The molecule has 1 aliphatic heterocycles. The zero-order valence-electron chi connectivity index (χ0n) is 11.7. The molecule has 4 nitrogen and oxygen atoms in total. The minimum absolute atomic E-state index is 0.0720. The lowest BCUT2D eigenvalue weighted by atomic mass is 10.0. The second-order valence-corrected chi connectivity index (χ2v) is 9.09. The van der Waals surface area contributed by atoms with Gasteiger partial charge in [-0.25, -0.2) is 8.42 Å². The third-order valence-corrected chi connectivity index (χ3v) is 7.08. The Balaban J connectivity index is 2.33. The number of amides is 1. The molecule has 20 heavy (non-hydrogen) atoms. The van der Waals surface area contributed by atoms with Gasteiger partial charge < -0.3 is 4.90 Å². The highest BCUT2D eigenvalue weighted by molar-refractivity contribution is 8.15. The molecule has 1 unspecified atom stereocenters. The normalized spacial score (nSPS) is 19.9. The molecule has 0 N–H and O–H groups in total. The second-order valence-electron chi connectivity index (χ2n) is 5.45. The first kappa shape index (κ1) is 15.8. The number of carbonyl (C=O) groups excluding carboxylic acids is 1. The maximum Gasteiger partial charge on any atom is 0.271 e. The fourth-order valence-electron chi connectivity index (χ4n) is 2.74. The summed E-state index contributed by atoms with van der Waals surface area (Å²) >= 11 is 1.01. The van der Waals surface area contributed by atoms with Crippen LogP contribution in [0.1, 0.15) is 42.6 Å². The van der Waals surface area contributed by atoms with E-state index in [-0.39, 0.29) is 16.2 Å². The predicted octanol–water partition coefficient (Wildman–Crippen LogP) is 3.24. The molecule has 0 spiro atoms. The van der Waals surface area contributed by atoms with Gasteiger partial charge in [0.25, 0.3) is 15.0 Å². The number of hydrogen-bond acceptors (Lipinski definition) is 4. The number of hydrogen-bond donors (Lipinski definition) is 0. The number of rotatable bonds is 3. The van der Waals surface area contributed by atoms with E-state index in [1.807, 2.05) is 4.90 Å². The van der Waals surface area contributed by atoms with Crippen molar-refractivity contribution in [3.8, 4) is 0 Å². The molecular formula is C13H18ClNO3S2. The van der Waals surface area contributed by atoms with Crippen molar-refractivity contribution >= 4 is 37.0 Å². The van der Waals surface area contributed by atoms with Crippen LogP contribution >= 0.6 is 22.0 Å². The monoisotopic (exact) mass is 335 g/mol. The van der Waals surface area contributed by atoms with E-state index in [9.17, 15) is 13.2 Å². The number of thiophene rings is 1. The lowest BCUT2D eigenvalue weighted by Crippen LogP contribution is -2.38. The molecule has 1 atom stereocenters. The first-order valence-corrected chi connectivity index (χ1v) is 9.76. The van der Waals surface area contributed by atoms with E-state index in [2.05, 4.69) is 13.8 Å². The maximum absolute atomic E-state index is 12.6. The van der Waals surface area contributed by atoms with Crippen LogP contribution in [0.3, 0.4) is 0 Å². The minimum Gasteiger partial charge on any atom is -0.335 e. The Hall–Kier alpha value is -0.590. The van der Waals surface area contributed by atoms with Crippen LogP contribution in [0.25, 0.3) is 0 Å². The highest BCUT2D eigenvalue weighted by atomic mass is 35.7. The highest BCUT2D eigenvalue weighted by Crippen LogP contribution is 2.32. The van der Waals surface area contributed by atoms with Crippen molar-refractivity contribution in [3.05, 3.63) is 16.5 Å². The fourth-order valence-corrected chi connectivity index (χ4v) is 5.29. The van der Waals surface area contributed by atoms with Gasteiger partial charge in [0.05, 0.1) is 5.56 Å². The van der Waals surface area contributed by atoms with Gasteiger partial charge in [-0.05, 0) is 31.2 Å². The molecular weight excluding hydrogens is 318 g/mol. The number of likely N-dealkylation sites (tertiary alicyclic amines) is 1. The van der Waals surface area contributed by atoms with E-state index in [0.717, 1.165) is 30.7 Å². The molecule has 1 fully saturated rings. The van der Waals surface area contributed by atoms with Crippen molar-refractivity contribution in [2.45, 2.75) is 43.9 Å². The molecule has 1 saturated heterocycles. The van der Waals surface area contributed by atoms with E-state index in [4.69, 9.17) is 10.7 Å². The topological polar surface area (TPSA) is 54.5 Å². The zero-order valence-corrected chi connectivity index (χ0v) is 14.1. The number of carbonyl (C=O) groups is 1. The van der Waals surface area contributed by atoms with Crippen LogP contribution in [-0.2, 0) is 9.05 Å². The summed E-state index contributed by atoms with van der Waals surface area (Å²) in [6.45, 7) is 6.58. The third-order valence-electron chi connectivity index (χ3n) is 3.78. The summed E-state index contributed by atoms with van der Waals surface area (Å²) < 4.78 is 22.9. The fraction of sp³-hybridized carbons (Fsp3) is 0.615. The van der Waals surface area contributed by atoms with Gasteiger partial charge in [-0.1, -0.05) is 13.8 Å². The zero-order chi connectivity index (χ0) is 15.1. The molecule has 1 aromatic rings. The Morgan fingerprint density at radius 2 is 2.15 bits per heavy atom. The first-order valence-electron chi connectivity index (χ1n) is 6.57. The van der Waals surface area contributed by atoms with Crippen LogP contribution in [0.15, 0.2) is 9.59 Å². The quantitative estimate of drug-likeness (QED) is 0.797. The van der Waals surface area contributed by atoms with E-state index < -0.39 is 9.05 Å². The van der Waals surface area contributed by atoms with Crippen molar-refractivity contribution in [2.24, 2.45) is 5.92 Å². The molecule has 2 rings (SSSR count). The summed E-state index contributed by atoms with van der Waals surface area (Å²) in [6.07, 6.45) is 2.01. The van der Waals surface area contributed by atoms with Crippen LogP contribution in [-0.4, -0.2) is 31.8 Å². The van der Waals surface area contributed by atoms with E-state index in [0.29, 0.717) is 17.0 Å². The molecule has 1 amide bonds. The molecule has 0 aliphatic carbocycles. The van der Waals surface area contributed by atoms with Crippen molar-refractivity contribution < 1.29 is 13.2 Å². The summed E-state index contributed by atoms with van der Waals surface area (Å²) in [5.41, 5.74) is 0.922. The average Bonchev–Trinajstić information content (AvgIpc) is 2.92. The summed E-state index contributed by atoms with van der Waals surface area (Å²) in [6, 6.07) is 0.234. The molecule has 0 radical (unpaired) electrons. The predicted molar refractivity (Wildman–Crippen MR) is 81.0 cm³/mol. The van der Waals surface area contributed by atoms with Gasteiger partial charge in [-0.15, -0.1) is 11.3 Å². The van der Waals surface area contributed by atoms with Crippen LogP contribution in [0, 0.1) is 12.8 Å². The van der Waals surface area contributed by atoms with E-state index in [1.54, 1.807) is 12.3 Å². The summed E-state index contributed by atoms with van der Waals surface area (Å²) in [4.78, 5) is 14.5. The molecule has 2 heterocycles. The summed E-state index contributed by atoms with van der Waals surface area (Å²) in [5, 5.41) is 1.60. The van der Waals surface area contributed by atoms with Crippen LogP contribution in [0.2, 0.25) is 0 Å². The number of halogens is 1. The molecule has 1 aromatic heterocycles. The Kier molecular flexibility index (Phi) is 4.47. The first-order chi connectivity index (χ1) is 9.23. The van der Waals surface area contributed by atoms with E-state index in [1.165, 1.54) is 0 Å². The highest BCUT2D eigenvalue weighted by Gasteiger charge is 2.33. The molecule has 0 saturated carbocycles. The van der Waals surface area contributed by atoms with Gasteiger partial charge in [-0.3, -0.25) is 4.79 Å². The summed E-state index contributed by atoms with van der Waals surface area (Å²) in [5.74, 6) is 0.318. The van der Waals surface area contributed by atoms with Crippen molar-refractivity contribution in [1.82, 2.24) is 4.90 Å². The molecule has 7 heteroatoms. The van der Waals surface area contributed by atoms with Crippen molar-refractivity contribution in [1.29, 1.82) is 0 Å². The minimum atomic E-state index is -3.78. The average molecular weight is 336 g/mol. The molecule has 0 bridgehead atoms. The van der Waals surface area contributed by atoms with Crippen molar-refractivity contribution in [3.63, 3.8) is 0 Å². The summed E-state index contributed by atoms with van der Waals surface area (Å²) in [7, 11) is 1.60. The number of nitrogens with zero attached hydrogens (tertiary/aromatic N) is 1. The van der Waals surface area contributed by atoms with Gasteiger partial charge in [0.15, 0.2) is 0 Å². The van der Waals surface area contributed by atoms with Gasteiger partial charge >= 0.3 is 0 Å². The standard InChI is InChI=1S/C13H18ClNO3S2/c1-8(2)11-5-4-6-15(11)12(16)10-7-19-13(9(10)3)20(14,17)18/h7-8,11H,4-6H2,1-3H3. The van der Waals surface area contributed by atoms with Gasteiger partial charge in [0.1, 0.15) is 4.21 Å². The third kappa shape index (κ3) is 2.87. The second kappa shape index (κ2) is 5.66. The van der Waals surface area contributed by atoms with E-state index >= 15 is 0 Å². The van der Waals surface area contributed by atoms with Gasteiger partial charge in [0, 0.05) is 28.6 Å². The largest absolute Gasteiger partial charge is 0.335 e. The Morgan fingerprint density at radius 3 is 2.65 bits per heavy atom. The molecule has 1 aliphatic rings. The maximum atomic E-state index is 12.6. The lowest BCUT2D eigenvalue weighted by molar-refractivity contribution is 0.0701. The van der Waals surface area contributed by atoms with Crippen LogP contribution in [0.5, 0.6) is 0 Å². The Labute approximate surface area is 128 Å². The smallest absolute Gasteiger partial charge is 0.271 e. The molecule has 112 valence electrons. The van der Waals surface area contributed by atoms with Gasteiger partial charge in [0.2, 0.25) is 0 Å². The SMILES string of the molecule is Cc1c(C(=O)N2CCCC2C(C)C)csc1S(=O)(=O)Cl. The molecule has 0 aromatic carbocycles. The van der Waals surface area contributed by atoms with Gasteiger partial charge in [-0.2, -0.15) is 0 Å². The Bertz CT molecular complexity index is 622. The Morgan fingerprint density at radius 1 is 1.50 bits per heavy atom.